The monoisotopic (exact) mass is 1750 g/mol. The van der Waals surface area contributed by atoms with Gasteiger partial charge in [0.2, 0.25) is 3.79 Å². The second kappa shape index (κ2) is 47.0. The number of carbonyl (C=O) groups excluding carboxylic acids is 9. The number of ether oxygens (including phenoxy) is 19. The number of carbonyl (C=O) groups is 9. The van der Waals surface area contributed by atoms with Crippen molar-refractivity contribution in [2.45, 2.75) is 181 Å². The quantitative estimate of drug-likeness (QED) is 0.00899. The number of esters is 7. The molecule has 0 radical (unpaired) electrons. The van der Waals surface area contributed by atoms with E-state index in [-0.39, 0.29) is 51.8 Å². The van der Waals surface area contributed by atoms with Crippen molar-refractivity contribution >= 4 is 88.8 Å². The molecule has 10 rings (SSSR count). The van der Waals surface area contributed by atoms with E-state index in [1.165, 1.54) is 12.1 Å². The number of halogens is 3. The van der Waals surface area contributed by atoms with E-state index in [0.29, 0.717) is 27.8 Å². The number of benzene rings is 7. The Kier molecular flexibility index (Phi) is 36.0. The molecule has 3 heterocycles. The van der Waals surface area contributed by atoms with Gasteiger partial charge in [0.25, 0.3) is 5.79 Å². The summed E-state index contributed by atoms with van der Waals surface area (Å²) < 4.78 is 119. The minimum atomic E-state index is -3.06. The van der Waals surface area contributed by atoms with E-state index in [9.17, 15) is 39.1 Å². The molecule has 0 spiro atoms. The zero-order valence-electron chi connectivity index (χ0n) is 66.8. The van der Waals surface area contributed by atoms with Crippen molar-refractivity contribution in [3.8, 4) is 0 Å². The second-order valence-corrected chi connectivity index (χ2v) is 30.5. The molecule has 0 aliphatic carbocycles. The lowest BCUT2D eigenvalue weighted by Gasteiger charge is -2.50. The van der Waals surface area contributed by atoms with Crippen molar-refractivity contribution in [1.29, 1.82) is 0 Å². The third-order valence-corrected chi connectivity index (χ3v) is 19.2. The lowest BCUT2D eigenvalue weighted by atomic mass is 9.88. The topological polar surface area (TPSA) is 402 Å². The van der Waals surface area contributed by atoms with Gasteiger partial charge in [-0.1, -0.05) is 240 Å². The largest absolute Gasteiger partial charge is 0.465 e. The van der Waals surface area contributed by atoms with Crippen LogP contribution in [0.1, 0.15) is 77.9 Å². The van der Waals surface area contributed by atoms with Crippen molar-refractivity contribution < 1.29 is 133 Å². The van der Waals surface area contributed by atoms with Crippen LogP contribution in [0.2, 0.25) is 0 Å². The van der Waals surface area contributed by atoms with Crippen LogP contribution in [-0.2, 0) is 158 Å². The van der Waals surface area contributed by atoms with Crippen LogP contribution in [0.15, 0.2) is 217 Å². The summed E-state index contributed by atoms with van der Waals surface area (Å²) in [7, 11) is 0.907. The maximum atomic E-state index is 15.4. The number of rotatable bonds is 40. The molecule has 2 N–H and O–H groups in total. The Bertz CT molecular complexity index is 4560. The van der Waals surface area contributed by atoms with Crippen LogP contribution < -0.4 is 10.6 Å². The predicted molar refractivity (Wildman–Crippen MR) is 430 cm³/mol. The highest BCUT2D eigenvalue weighted by Crippen LogP contribution is 2.42. The summed E-state index contributed by atoms with van der Waals surface area (Å²) in [4.78, 5) is 129. The number of nitrogens with one attached hydrogen (secondary N) is 2. The van der Waals surface area contributed by atoms with Crippen LogP contribution in [0.25, 0.3) is 10.4 Å². The Balaban J connectivity index is 1.16. The van der Waals surface area contributed by atoms with Crippen molar-refractivity contribution in [2.75, 3.05) is 40.1 Å². The summed E-state index contributed by atoms with van der Waals surface area (Å²) >= 11 is 18.0. The lowest BCUT2D eigenvalue weighted by molar-refractivity contribution is -0.361. The van der Waals surface area contributed by atoms with E-state index in [1.807, 2.05) is 78.9 Å². The lowest BCUT2D eigenvalue weighted by Crippen LogP contribution is -2.70. The molecule has 36 heteroatoms. The van der Waals surface area contributed by atoms with Gasteiger partial charge in [0.05, 0.1) is 71.4 Å². The zero-order valence-corrected chi connectivity index (χ0v) is 69.1. The maximum Gasteiger partial charge on any atom is 0.408 e. The molecule has 122 heavy (non-hydrogen) atoms. The van der Waals surface area contributed by atoms with Gasteiger partial charge in [0.1, 0.15) is 81.3 Å². The Morgan fingerprint density at radius 1 is 0.516 bits per heavy atom. The third kappa shape index (κ3) is 28.6. The highest BCUT2D eigenvalue weighted by Gasteiger charge is 2.62. The highest BCUT2D eigenvalue weighted by molar-refractivity contribution is 6.67. The first-order chi connectivity index (χ1) is 58.8. The van der Waals surface area contributed by atoms with E-state index in [1.54, 1.807) is 121 Å². The molecule has 3 saturated heterocycles. The molecule has 7 aromatic carbocycles. The predicted octanol–water partition coefficient (Wildman–Crippen LogP) is 11.3. The van der Waals surface area contributed by atoms with Gasteiger partial charge in [-0.25, -0.2) is 24.0 Å². The van der Waals surface area contributed by atoms with E-state index in [4.69, 9.17) is 125 Å². The summed E-state index contributed by atoms with van der Waals surface area (Å²) in [6.07, 6.45) is -27.0. The van der Waals surface area contributed by atoms with Crippen LogP contribution in [0.4, 0.5) is 9.59 Å². The zero-order chi connectivity index (χ0) is 87.0. The summed E-state index contributed by atoms with van der Waals surface area (Å²) in [6.45, 7) is -1.44. The van der Waals surface area contributed by atoms with Gasteiger partial charge in [0, 0.05) is 32.6 Å². The fraction of sp³-hybridized carbons (Fsp3) is 0.407. The van der Waals surface area contributed by atoms with Crippen molar-refractivity contribution in [2.24, 2.45) is 5.11 Å². The van der Waals surface area contributed by atoms with Crippen LogP contribution in [0.3, 0.4) is 0 Å². The summed E-state index contributed by atoms with van der Waals surface area (Å²) in [5.74, 6) is -10.8. The molecule has 3 aliphatic heterocycles. The molecule has 0 aromatic heterocycles. The number of methoxy groups -OCH3 is 1. The number of hydrogen-bond donors (Lipinski definition) is 2. The van der Waals surface area contributed by atoms with E-state index >= 15 is 9.59 Å². The first kappa shape index (κ1) is 93.4. The fourth-order valence-electron chi connectivity index (χ4n) is 13.4. The first-order valence-electron chi connectivity index (χ1n) is 38.5. The molecule has 2 amide bonds. The average molecular weight is 1750 g/mol. The molecule has 3 aliphatic rings. The van der Waals surface area contributed by atoms with Gasteiger partial charge in [-0.2, -0.15) is 0 Å². The van der Waals surface area contributed by atoms with Crippen LogP contribution in [-0.4, -0.2) is 202 Å². The van der Waals surface area contributed by atoms with Gasteiger partial charge in [-0.3, -0.25) is 19.2 Å². The molecule has 650 valence electrons. The van der Waals surface area contributed by atoms with Crippen LogP contribution in [0.5, 0.6) is 0 Å². The minimum Gasteiger partial charge on any atom is -0.465 e. The SMILES string of the molecule is COC(=O)[C@@]1(OC[C@H]2O[C@H](OC[C@H](NC(=O)OCc3ccccc3)C(=O)OCc3ccccc3)[C@H](N=[N+]=[N-])[C@@H](O[C@@H]3O[C@H](COCc4ccccc4)[C@H](OCc4ccccc4)[C@H](OCc4ccccc4)[C@H]3OC(=O)c3ccccc3)[C@H]2OCc2ccccc2)C[C@H](OC(C)=O)[C@@H](NC(=O)OCC(Cl)(Cl)Cl)[C@H]([C@H](OC(C)=O)[C@@H](COC(C)=O)OC(C)=O)O1. The second-order valence-electron chi connectivity index (χ2n) is 28.0. The molecule has 0 unspecified atom stereocenters. The minimum absolute atomic E-state index is 0.0294. The third-order valence-electron chi connectivity index (χ3n) is 18.9. The van der Waals surface area contributed by atoms with Crippen LogP contribution in [0, 0.1) is 0 Å². The van der Waals surface area contributed by atoms with Gasteiger partial charge in [0.15, 0.2) is 36.9 Å². The summed E-state index contributed by atoms with van der Waals surface area (Å²) in [5, 5.41) is 9.26. The number of hydrogen-bond acceptors (Lipinski definition) is 29. The van der Waals surface area contributed by atoms with Crippen LogP contribution >= 0.6 is 34.8 Å². The smallest absolute Gasteiger partial charge is 0.408 e. The Morgan fingerprint density at radius 2 is 1.00 bits per heavy atom. The summed E-state index contributed by atoms with van der Waals surface area (Å²) in [6, 6.07) is 55.4. The Hall–Kier alpha value is -10.8. The first-order valence-corrected chi connectivity index (χ1v) is 39.7. The molecule has 7 aromatic rings. The molecule has 17 atom stereocenters. The highest BCUT2D eigenvalue weighted by atomic mass is 35.6. The number of azide groups is 1. The number of amides is 2. The molecular weight excluding hydrogens is 1660 g/mol. The van der Waals surface area contributed by atoms with Gasteiger partial charge < -0.3 is 101 Å². The standard InChI is InChI=1S/C86H92Cl3N5O28/c1-53(95)106-50-67(116-55(3)97)73(117-56(4)98)75-69(92-84(103)113-52-86(87,88)89)65(115-54(2)96)41-85(122-75,82(101)104-5)114-51-68-71(107-43-58-29-15-7-16-30-58)74(70(93-94-90)80(118-68)111-48-64(79(100)110-46-61-35-21-10-22-36-61)91-83(102)112-47-62-37-23-11-24-38-62)121-81-77(120-78(99)63-39-25-12-26-40-63)76(109-45-60-33-19-9-20-34-60)72(108-44-59-31-17-8-18-32-59)66(119-81)49-105-42-57-27-13-6-14-28-57/h6-40,64-77,80-81H,41-52H2,1-5H3,(H,91,102)(H,92,103)/t64-,65-,66+,67+,68+,69+,70+,71-,72-,73+,74+,75+,76-,77+,80-,81-,85+/m0/s1. The maximum absolute atomic E-state index is 15.4. The molecule has 0 saturated carbocycles. The molecule has 0 bridgehead atoms. The normalized spacial score (nSPS) is 23.2. The summed E-state index contributed by atoms with van der Waals surface area (Å²) in [5.41, 5.74) is 14.9. The van der Waals surface area contributed by atoms with E-state index in [0.717, 1.165) is 40.4 Å². The van der Waals surface area contributed by atoms with Gasteiger partial charge in [-0.05, 0) is 51.0 Å². The van der Waals surface area contributed by atoms with Crippen molar-refractivity contribution in [3.63, 3.8) is 0 Å². The van der Waals surface area contributed by atoms with E-state index in [2.05, 4.69) is 20.7 Å². The molecular formula is C86H92Cl3N5O28. The number of alkyl halides is 3. The fourth-order valence-corrected chi connectivity index (χ4v) is 13.5. The van der Waals surface area contributed by atoms with Crippen molar-refractivity contribution in [1.82, 2.24) is 10.6 Å². The molecule has 3 fully saturated rings. The number of nitrogens with zero attached hydrogens (tertiary/aromatic N) is 3. The Morgan fingerprint density at radius 3 is 1.50 bits per heavy atom. The molecule has 33 nitrogen and oxygen atoms in total. The van der Waals surface area contributed by atoms with E-state index < -0.39 is 194 Å². The van der Waals surface area contributed by atoms with Crippen molar-refractivity contribution in [3.05, 3.63) is 262 Å². The average Bonchev–Trinajstić information content (AvgIpc) is 0.750. The van der Waals surface area contributed by atoms with Gasteiger partial charge in [-0.15, -0.1) is 0 Å². The van der Waals surface area contributed by atoms with Gasteiger partial charge >= 0.3 is 54.0 Å². The Labute approximate surface area is 717 Å². The number of alkyl carbamates (subject to hydrolysis) is 2.